The first-order valence-electron chi connectivity index (χ1n) is 3.78. The van der Waals surface area contributed by atoms with E-state index < -0.39 is 0 Å². The Morgan fingerprint density at radius 1 is 1.40 bits per heavy atom. The Bertz CT molecular complexity index is 114. The zero-order valence-corrected chi connectivity index (χ0v) is 6.75. The molecule has 0 aliphatic rings. The van der Waals surface area contributed by atoms with Crippen molar-refractivity contribution >= 4 is 0 Å². The van der Waals surface area contributed by atoms with Crippen molar-refractivity contribution in [2.75, 3.05) is 0 Å². The van der Waals surface area contributed by atoms with E-state index in [9.17, 15) is 0 Å². The van der Waals surface area contributed by atoms with Crippen molar-refractivity contribution in [1.82, 2.24) is 0 Å². The Morgan fingerprint density at radius 3 is 2.60 bits per heavy atom. The van der Waals surface area contributed by atoms with E-state index in [2.05, 4.69) is 6.92 Å². The molecule has 1 nitrogen and oxygen atoms in total. The molecule has 1 N–H and O–H groups in total. The molecular formula is C9H16O. The van der Waals surface area contributed by atoms with Crippen LogP contribution in [0.4, 0.5) is 0 Å². The second-order valence-electron chi connectivity index (χ2n) is 2.27. The topological polar surface area (TPSA) is 20.2 Å². The molecule has 0 aliphatic heterocycles. The average Bonchev–Trinajstić information content (AvgIpc) is 1.89. The maximum absolute atomic E-state index is 9.16. The van der Waals surface area contributed by atoms with Crippen LogP contribution in [0.5, 0.6) is 0 Å². The van der Waals surface area contributed by atoms with E-state index in [4.69, 9.17) is 5.11 Å². The molecule has 0 amide bonds. The summed E-state index contributed by atoms with van der Waals surface area (Å²) >= 11 is 0. The van der Waals surface area contributed by atoms with E-state index in [-0.39, 0.29) is 6.10 Å². The highest BCUT2D eigenvalue weighted by Gasteiger charge is 1.92. The van der Waals surface area contributed by atoms with Crippen molar-refractivity contribution in [3.05, 3.63) is 24.3 Å². The van der Waals surface area contributed by atoms with Gasteiger partial charge in [-0.1, -0.05) is 37.6 Å². The van der Waals surface area contributed by atoms with Crippen molar-refractivity contribution in [3.8, 4) is 0 Å². The minimum atomic E-state index is -0.263. The Labute approximate surface area is 63.1 Å². The van der Waals surface area contributed by atoms with Gasteiger partial charge < -0.3 is 5.11 Å². The van der Waals surface area contributed by atoms with E-state index in [1.54, 1.807) is 0 Å². The standard InChI is InChI=1S/C9H16O/c1-3-5-6-8-9(10)7-4-2/h3,5-6,8-10H,4,7H2,1-2H3/b5-3+,8-6+. The highest BCUT2D eigenvalue weighted by atomic mass is 16.3. The number of hydrogen-bond donors (Lipinski definition) is 1. The molecule has 0 bridgehead atoms. The minimum Gasteiger partial charge on any atom is -0.389 e. The van der Waals surface area contributed by atoms with Crippen LogP contribution >= 0.6 is 0 Å². The summed E-state index contributed by atoms with van der Waals surface area (Å²) in [6.45, 7) is 4.02. The normalized spacial score (nSPS) is 15.1. The molecule has 0 aromatic rings. The van der Waals surface area contributed by atoms with Gasteiger partial charge in [0.15, 0.2) is 0 Å². The van der Waals surface area contributed by atoms with Crippen LogP contribution in [-0.4, -0.2) is 11.2 Å². The summed E-state index contributed by atoms with van der Waals surface area (Å²) in [5.41, 5.74) is 0. The molecule has 0 aliphatic carbocycles. The summed E-state index contributed by atoms with van der Waals surface area (Å²) < 4.78 is 0. The zero-order chi connectivity index (χ0) is 7.82. The van der Waals surface area contributed by atoms with Crippen molar-refractivity contribution in [2.24, 2.45) is 0 Å². The lowest BCUT2D eigenvalue weighted by Crippen LogP contribution is -1.99. The Hall–Kier alpha value is -0.560. The predicted octanol–water partition coefficient (Wildman–Crippen LogP) is 2.28. The summed E-state index contributed by atoms with van der Waals surface area (Å²) in [4.78, 5) is 0. The third kappa shape index (κ3) is 5.57. The van der Waals surface area contributed by atoms with Gasteiger partial charge >= 0.3 is 0 Å². The zero-order valence-electron chi connectivity index (χ0n) is 6.75. The smallest absolute Gasteiger partial charge is 0.0723 e. The van der Waals surface area contributed by atoms with Gasteiger partial charge in [-0.15, -0.1) is 0 Å². The van der Waals surface area contributed by atoms with Crippen LogP contribution in [0, 0.1) is 0 Å². The number of rotatable bonds is 4. The highest BCUT2D eigenvalue weighted by Crippen LogP contribution is 1.96. The van der Waals surface area contributed by atoms with Crippen LogP contribution in [0.3, 0.4) is 0 Å². The fraction of sp³-hybridized carbons (Fsp3) is 0.556. The first-order valence-corrected chi connectivity index (χ1v) is 3.78. The number of aliphatic hydroxyl groups is 1. The first-order chi connectivity index (χ1) is 4.81. The van der Waals surface area contributed by atoms with Gasteiger partial charge in [0.2, 0.25) is 0 Å². The molecule has 0 radical (unpaired) electrons. The van der Waals surface area contributed by atoms with Gasteiger partial charge in [0.25, 0.3) is 0 Å². The van der Waals surface area contributed by atoms with Crippen LogP contribution in [0.1, 0.15) is 26.7 Å². The minimum absolute atomic E-state index is 0.263. The Kier molecular flexibility index (Phi) is 6.19. The molecule has 0 saturated carbocycles. The molecule has 0 aromatic carbocycles. The van der Waals surface area contributed by atoms with Crippen molar-refractivity contribution in [2.45, 2.75) is 32.8 Å². The van der Waals surface area contributed by atoms with Crippen molar-refractivity contribution in [1.29, 1.82) is 0 Å². The number of hydrogen-bond acceptors (Lipinski definition) is 1. The average molecular weight is 140 g/mol. The summed E-state index contributed by atoms with van der Waals surface area (Å²) in [5, 5.41) is 9.16. The van der Waals surface area contributed by atoms with E-state index in [0.29, 0.717) is 0 Å². The van der Waals surface area contributed by atoms with Crippen LogP contribution in [0.2, 0.25) is 0 Å². The van der Waals surface area contributed by atoms with E-state index in [0.717, 1.165) is 12.8 Å². The van der Waals surface area contributed by atoms with Gasteiger partial charge in [-0.05, 0) is 13.3 Å². The maximum atomic E-state index is 9.16. The Morgan fingerprint density at radius 2 is 2.10 bits per heavy atom. The third-order valence-corrected chi connectivity index (χ3v) is 1.22. The largest absolute Gasteiger partial charge is 0.389 e. The molecule has 1 unspecified atom stereocenters. The number of aliphatic hydroxyl groups excluding tert-OH is 1. The molecule has 0 aromatic heterocycles. The fourth-order valence-corrected chi connectivity index (χ4v) is 0.696. The Balaban J connectivity index is 3.44. The molecule has 0 rings (SSSR count). The lowest BCUT2D eigenvalue weighted by atomic mass is 10.2. The number of allylic oxidation sites excluding steroid dienone is 3. The molecule has 1 heteroatoms. The molecule has 0 saturated heterocycles. The first kappa shape index (κ1) is 9.44. The highest BCUT2D eigenvalue weighted by molar-refractivity contribution is 5.03. The van der Waals surface area contributed by atoms with Crippen molar-refractivity contribution in [3.63, 3.8) is 0 Å². The van der Waals surface area contributed by atoms with Gasteiger partial charge in [0.05, 0.1) is 6.10 Å². The lowest BCUT2D eigenvalue weighted by Gasteiger charge is -1.99. The molecule has 0 spiro atoms. The molecule has 0 heterocycles. The van der Waals surface area contributed by atoms with Gasteiger partial charge in [-0.3, -0.25) is 0 Å². The predicted molar refractivity (Wildman–Crippen MR) is 44.9 cm³/mol. The van der Waals surface area contributed by atoms with Crippen LogP contribution < -0.4 is 0 Å². The molecule has 10 heavy (non-hydrogen) atoms. The van der Waals surface area contributed by atoms with Crippen LogP contribution in [0.15, 0.2) is 24.3 Å². The van der Waals surface area contributed by atoms with Crippen LogP contribution in [0.25, 0.3) is 0 Å². The van der Waals surface area contributed by atoms with Gasteiger partial charge in [-0.2, -0.15) is 0 Å². The summed E-state index contributed by atoms with van der Waals surface area (Å²) in [5.74, 6) is 0. The summed E-state index contributed by atoms with van der Waals surface area (Å²) in [6.07, 6.45) is 9.16. The van der Waals surface area contributed by atoms with Crippen molar-refractivity contribution < 1.29 is 5.11 Å². The summed E-state index contributed by atoms with van der Waals surface area (Å²) in [7, 11) is 0. The fourth-order valence-electron chi connectivity index (χ4n) is 0.696. The third-order valence-electron chi connectivity index (χ3n) is 1.22. The van der Waals surface area contributed by atoms with Crippen LogP contribution in [-0.2, 0) is 0 Å². The van der Waals surface area contributed by atoms with E-state index in [1.165, 1.54) is 0 Å². The lowest BCUT2D eigenvalue weighted by molar-refractivity contribution is 0.211. The molecular weight excluding hydrogens is 124 g/mol. The SMILES string of the molecule is C/C=C/C=C/C(O)CCC. The van der Waals surface area contributed by atoms with Gasteiger partial charge in [-0.25, -0.2) is 0 Å². The molecule has 1 atom stereocenters. The monoisotopic (exact) mass is 140 g/mol. The second-order valence-corrected chi connectivity index (χ2v) is 2.27. The van der Waals surface area contributed by atoms with E-state index >= 15 is 0 Å². The van der Waals surface area contributed by atoms with Gasteiger partial charge in [0.1, 0.15) is 0 Å². The molecule has 0 fully saturated rings. The molecule has 58 valence electrons. The summed E-state index contributed by atoms with van der Waals surface area (Å²) in [6, 6.07) is 0. The maximum Gasteiger partial charge on any atom is 0.0723 e. The van der Waals surface area contributed by atoms with Gasteiger partial charge in [0, 0.05) is 0 Å². The quantitative estimate of drug-likeness (QED) is 0.594. The van der Waals surface area contributed by atoms with E-state index in [1.807, 2.05) is 31.2 Å². The second kappa shape index (κ2) is 6.56.